The van der Waals surface area contributed by atoms with E-state index in [9.17, 15) is 9.59 Å². The summed E-state index contributed by atoms with van der Waals surface area (Å²) in [6.45, 7) is 3.44. The van der Waals surface area contributed by atoms with Gasteiger partial charge in [-0.25, -0.2) is 0 Å². The van der Waals surface area contributed by atoms with E-state index in [-0.39, 0.29) is 30.9 Å². The molecule has 1 saturated heterocycles. The van der Waals surface area contributed by atoms with Gasteiger partial charge in [-0.15, -0.1) is 0 Å². The van der Waals surface area contributed by atoms with E-state index in [0.29, 0.717) is 13.1 Å². The summed E-state index contributed by atoms with van der Waals surface area (Å²) < 4.78 is 5.30. The Morgan fingerprint density at radius 2 is 1.96 bits per heavy atom. The van der Waals surface area contributed by atoms with Crippen molar-refractivity contribution in [3.63, 3.8) is 0 Å². The zero-order chi connectivity index (χ0) is 19.9. The number of anilines is 1. The number of benzene rings is 2. The molecule has 0 aromatic heterocycles. The molecule has 3 rings (SSSR count). The quantitative estimate of drug-likeness (QED) is 0.798. The van der Waals surface area contributed by atoms with Crippen LogP contribution in [0.3, 0.4) is 0 Å². The van der Waals surface area contributed by atoms with Gasteiger partial charge in [0.1, 0.15) is 5.75 Å². The molecule has 1 aliphatic heterocycles. The van der Waals surface area contributed by atoms with E-state index in [1.807, 2.05) is 54.3 Å². The van der Waals surface area contributed by atoms with Crippen molar-refractivity contribution >= 4 is 17.5 Å². The maximum atomic E-state index is 12.9. The molecule has 28 heavy (non-hydrogen) atoms. The fourth-order valence-electron chi connectivity index (χ4n) is 3.55. The van der Waals surface area contributed by atoms with Gasteiger partial charge >= 0.3 is 0 Å². The third kappa shape index (κ3) is 4.89. The third-order valence-corrected chi connectivity index (χ3v) is 4.95. The second kappa shape index (κ2) is 9.37. The molecule has 2 amide bonds. The second-order valence-corrected chi connectivity index (χ2v) is 6.91. The van der Waals surface area contributed by atoms with E-state index in [0.717, 1.165) is 17.9 Å². The topological polar surface area (TPSA) is 61.9 Å². The average molecular weight is 381 g/mol. The molecule has 1 fully saturated rings. The standard InChI is InChI=1S/C22H27N3O3/c1-3-23-21(26)15-24-16-22(27)25(18-10-7-11-20(13-18)28-2)14-19(24)12-17-8-5-4-6-9-17/h4-11,13,19H,3,12,14-16H2,1-2H3,(H,23,26). The molecule has 1 heterocycles. The number of methoxy groups -OCH3 is 1. The van der Waals surface area contributed by atoms with Crippen molar-refractivity contribution in [1.82, 2.24) is 10.2 Å². The Morgan fingerprint density at radius 1 is 1.18 bits per heavy atom. The van der Waals surface area contributed by atoms with E-state index in [2.05, 4.69) is 17.4 Å². The number of carbonyl (C=O) groups excluding carboxylic acids is 2. The van der Waals surface area contributed by atoms with Gasteiger partial charge in [0.05, 0.1) is 20.2 Å². The molecule has 1 N–H and O–H groups in total. The summed E-state index contributed by atoms with van der Waals surface area (Å²) in [5, 5.41) is 2.83. The van der Waals surface area contributed by atoms with Crippen molar-refractivity contribution in [2.75, 3.05) is 38.2 Å². The van der Waals surface area contributed by atoms with Crippen molar-refractivity contribution in [3.05, 3.63) is 60.2 Å². The molecule has 2 aromatic rings. The monoisotopic (exact) mass is 381 g/mol. The highest BCUT2D eigenvalue weighted by Gasteiger charge is 2.34. The van der Waals surface area contributed by atoms with Crippen molar-refractivity contribution < 1.29 is 14.3 Å². The molecule has 0 saturated carbocycles. The summed E-state index contributed by atoms with van der Waals surface area (Å²) in [4.78, 5) is 28.8. The number of amides is 2. The van der Waals surface area contributed by atoms with Crippen LogP contribution in [0.25, 0.3) is 0 Å². The van der Waals surface area contributed by atoms with Gasteiger partial charge in [-0.3, -0.25) is 14.5 Å². The fourth-order valence-corrected chi connectivity index (χ4v) is 3.55. The van der Waals surface area contributed by atoms with Crippen LogP contribution in [0.15, 0.2) is 54.6 Å². The second-order valence-electron chi connectivity index (χ2n) is 6.91. The molecule has 1 atom stereocenters. The Kier molecular flexibility index (Phi) is 6.66. The number of carbonyl (C=O) groups is 2. The first-order chi connectivity index (χ1) is 13.6. The zero-order valence-electron chi connectivity index (χ0n) is 16.4. The Bertz CT molecular complexity index is 810. The van der Waals surface area contributed by atoms with Gasteiger partial charge in [-0.05, 0) is 31.0 Å². The van der Waals surface area contributed by atoms with Crippen LogP contribution < -0.4 is 15.0 Å². The molecular formula is C22H27N3O3. The summed E-state index contributed by atoms with van der Waals surface area (Å²) in [5.41, 5.74) is 2.01. The number of rotatable bonds is 7. The molecule has 6 nitrogen and oxygen atoms in total. The highest BCUT2D eigenvalue weighted by Crippen LogP contribution is 2.25. The van der Waals surface area contributed by atoms with Crippen molar-refractivity contribution in [2.24, 2.45) is 0 Å². The van der Waals surface area contributed by atoms with Gasteiger partial charge in [0.15, 0.2) is 0 Å². The first-order valence-electron chi connectivity index (χ1n) is 9.59. The lowest BCUT2D eigenvalue weighted by atomic mass is 10.0. The minimum atomic E-state index is -0.0526. The highest BCUT2D eigenvalue weighted by molar-refractivity contribution is 5.96. The molecule has 2 aromatic carbocycles. The number of hydrogen-bond acceptors (Lipinski definition) is 4. The maximum Gasteiger partial charge on any atom is 0.241 e. The highest BCUT2D eigenvalue weighted by atomic mass is 16.5. The number of nitrogens with one attached hydrogen (secondary N) is 1. The van der Waals surface area contributed by atoms with E-state index >= 15 is 0 Å². The van der Waals surface area contributed by atoms with Gasteiger partial charge in [0.2, 0.25) is 11.8 Å². The van der Waals surface area contributed by atoms with Crippen LogP contribution in [0.4, 0.5) is 5.69 Å². The first kappa shape index (κ1) is 19.9. The van der Waals surface area contributed by atoms with Gasteiger partial charge < -0.3 is 15.0 Å². The SMILES string of the molecule is CCNC(=O)CN1CC(=O)N(c2cccc(OC)c2)CC1Cc1ccccc1. The minimum Gasteiger partial charge on any atom is -0.497 e. The summed E-state index contributed by atoms with van der Waals surface area (Å²) >= 11 is 0. The summed E-state index contributed by atoms with van der Waals surface area (Å²) in [6.07, 6.45) is 0.772. The lowest BCUT2D eigenvalue weighted by Crippen LogP contribution is -2.59. The average Bonchev–Trinajstić information content (AvgIpc) is 2.71. The van der Waals surface area contributed by atoms with Crippen molar-refractivity contribution in [1.29, 1.82) is 0 Å². The molecule has 1 unspecified atom stereocenters. The van der Waals surface area contributed by atoms with Crippen LogP contribution >= 0.6 is 0 Å². The van der Waals surface area contributed by atoms with E-state index in [1.54, 1.807) is 12.0 Å². The third-order valence-electron chi connectivity index (χ3n) is 4.95. The molecule has 148 valence electrons. The van der Waals surface area contributed by atoms with Crippen LogP contribution in [0.1, 0.15) is 12.5 Å². The Morgan fingerprint density at radius 3 is 2.68 bits per heavy atom. The zero-order valence-corrected chi connectivity index (χ0v) is 16.4. The molecule has 0 spiro atoms. The molecule has 0 aliphatic carbocycles. The number of piperazine rings is 1. The normalized spacial score (nSPS) is 17.4. The van der Waals surface area contributed by atoms with Crippen LogP contribution in [-0.2, 0) is 16.0 Å². The number of hydrogen-bond donors (Lipinski definition) is 1. The van der Waals surface area contributed by atoms with Crippen LogP contribution in [-0.4, -0.2) is 56.0 Å². The van der Waals surface area contributed by atoms with E-state index < -0.39 is 0 Å². The van der Waals surface area contributed by atoms with Crippen LogP contribution in [0.2, 0.25) is 0 Å². The molecular weight excluding hydrogens is 354 g/mol. The van der Waals surface area contributed by atoms with Gasteiger partial charge in [-0.2, -0.15) is 0 Å². The fraction of sp³-hybridized carbons (Fsp3) is 0.364. The molecule has 0 bridgehead atoms. The van der Waals surface area contributed by atoms with Gasteiger partial charge in [-0.1, -0.05) is 36.4 Å². The number of ether oxygens (including phenoxy) is 1. The van der Waals surface area contributed by atoms with Crippen molar-refractivity contribution in [3.8, 4) is 5.75 Å². The van der Waals surface area contributed by atoms with E-state index in [1.165, 1.54) is 5.56 Å². The Hall–Kier alpha value is -2.86. The minimum absolute atomic E-state index is 0.0122. The largest absolute Gasteiger partial charge is 0.497 e. The number of nitrogens with zero attached hydrogens (tertiary/aromatic N) is 2. The molecule has 0 radical (unpaired) electrons. The first-order valence-corrected chi connectivity index (χ1v) is 9.59. The van der Waals surface area contributed by atoms with Gasteiger partial charge in [0.25, 0.3) is 0 Å². The van der Waals surface area contributed by atoms with Crippen molar-refractivity contribution in [2.45, 2.75) is 19.4 Å². The summed E-state index contributed by atoms with van der Waals surface area (Å²) in [6, 6.07) is 17.8. The Balaban J connectivity index is 1.82. The lowest BCUT2D eigenvalue weighted by Gasteiger charge is -2.40. The summed E-state index contributed by atoms with van der Waals surface area (Å²) in [7, 11) is 1.61. The van der Waals surface area contributed by atoms with Crippen LogP contribution in [0.5, 0.6) is 5.75 Å². The predicted octanol–water partition coefficient (Wildman–Crippen LogP) is 2.09. The lowest BCUT2D eigenvalue weighted by molar-refractivity contribution is -0.126. The predicted molar refractivity (Wildman–Crippen MR) is 110 cm³/mol. The molecule has 1 aliphatic rings. The number of likely N-dealkylation sites (N-methyl/N-ethyl adjacent to an activating group) is 1. The smallest absolute Gasteiger partial charge is 0.241 e. The molecule has 6 heteroatoms. The van der Waals surface area contributed by atoms with Crippen LogP contribution in [0, 0.1) is 0 Å². The summed E-state index contributed by atoms with van der Waals surface area (Å²) in [5.74, 6) is 0.653. The Labute approximate surface area is 166 Å². The van der Waals surface area contributed by atoms with Gasteiger partial charge in [0, 0.05) is 30.9 Å². The maximum absolute atomic E-state index is 12.9. The van der Waals surface area contributed by atoms with E-state index in [4.69, 9.17) is 4.74 Å².